The highest BCUT2D eigenvalue weighted by molar-refractivity contribution is 6.03. The summed E-state index contributed by atoms with van der Waals surface area (Å²) in [6.45, 7) is 6.08. The zero-order valence-electron chi connectivity index (χ0n) is 14.5. The molecule has 0 radical (unpaired) electrons. The number of benzene rings is 2. The monoisotopic (exact) mass is 332 g/mol. The molecule has 0 spiro atoms. The smallest absolute Gasteiger partial charge is 0.258 e. The van der Waals surface area contributed by atoms with E-state index < -0.39 is 0 Å². The molecule has 1 aromatic heterocycles. The molecule has 0 unspecified atom stereocenters. The summed E-state index contributed by atoms with van der Waals surface area (Å²) in [6, 6.07) is 13.7. The lowest BCUT2D eigenvalue weighted by atomic mass is 10.1. The first-order valence-corrected chi connectivity index (χ1v) is 8.06. The number of aromatic nitrogens is 2. The number of nitrogens with zero attached hydrogens (tertiary/aromatic N) is 2. The van der Waals surface area contributed by atoms with Crippen LogP contribution in [0.25, 0.3) is 0 Å². The maximum atomic E-state index is 12.3. The van der Waals surface area contributed by atoms with E-state index in [2.05, 4.69) is 33.6 Å². The molecule has 5 nitrogen and oxygen atoms in total. The van der Waals surface area contributed by atoms with E-state index in [1.165, 1.54) is 18.0 Å². The van der Waals surface area contributed by atoms with Gasteiger partial charge in [0, 0.05) is 23.8 Å². The van der Waals surface area contributed by atoms with Crippen molar-refractivity contribution in [2.75, 3.05) is 10.6 Å². The van der Waals surface area contributed by atoms with Crippen molar-refractivity contribution in [3.63, 3.8) is 0 Å². The fraction of sp³-hybridized carbons (Fsp3) is 0.150. The maximum Gasteiger partial charge on any atom is 0.258 e. The molecule has 0 aliphatic carbocycles. The number of anilines is 3. The van der Waals surface area contributed by atoms with Gasteiger partial charge in [0.05, 0.1) is 5.56 Å². The molecule has 0 fully saturated rings. The Labute approximate surface area is 147 Å². The van der Waals surface area contributed by atoms with Crippen LogP contribution in [0.15, 0.2) is 54.9 Å². The first kappa shape index (κ1) is 16.6. The van der Waals surface area contributed by atoms with E-state index in [0.29, 0.717) is 11.5 Å². The van der Waals surface area contributed by atoms with E-state index in [1.807, 2.05) is 50.2 Å². The summed E-state index contributed by atoms with van der Waals surface area (Å²) >= 11 is 0. The number of amides is 1. The van der Waals surface area contributed by atoms with Gasteiger partial charge >= 0.3 is 0 Å². The summed E-state index contributed by atoms with van der Waals surface area (Å²) < 4.78 is 0. The van der Waals surface area contributed by atoms with Crippen LogP contribution in [0.5, 0.6) is 0 Å². The highest BCUT2D eigenvalue weighted by Gasteiger charge is 2.09. The van der Waals surface area contributed by atoms with Gasteiger partial charge in [-0.1, -0.05) is 24.3 Å². The lowest BCUT2D eigenvalue weighted by Crippen LogP contribution is -2.13. The molecule has 0 atom stereocenters. The third-order valence-electron chi connectivity index (χ3n) is 4.04. The largest absolute Gasteiger partial charge is 0.324 e. The standard InChI is InChI=1S/C20H20N4O/c1-13-6-4-8-17(10-13)23-19(25)16-11-21-20(22-12-16)24-18-9-5-7-14(2)15(18)3/h4-12H,1-3H3,(H,23,25)(H,21,22,24). The summed E-state index contributed by atoms with van der Waals surface area (Å²) in [5, 5.41) is 6.03. The molecule has 0 aliphatic heterocycles. The Kier molecular flexibility index (Phi) is 4.75. The molecule has 5 heteroatoms. The highest BCUT2D eigenvalue weighted by Crippen LogP contribution is 2.20. The van der Waals surface area contributed by atoms with Crippen LogP contribution in [0.1, 0.15) is 27.0 Å². The molecular weight excluding hydrogens is 312 g/mol. The molecule has 0 bridgehead atoms. The van der Waals surface area contributed by atoms with E-state index >= 15 is 0 Å². The van der Waals surface area contributed by atoms with Crippen LogP contribution in [0, 0.1) is 20.8 Å². The van der Waals surface area contributed by atoms with Crippen LogP contribution in [0.4, 0.5) is 17.3 Å². The zero-order chi connectivity index (χ0) is 17.8. The average Bonchev–Trinajstić information content (AvgIpc) is 2.59. The minimum absolute atomic E-state index is 0.233. The summed E-state index contributed by atoms with van der Waals surface area (Å²) in [4.78, 5) is 20.8. The van der Waals surface area contributed by atoms with Crippen molar-refractivity contribution in [3.8, 4) is 0 Å². The molecule has 3 aromatic rings. The van der Waals surface area contributed by atoms with Gasteiger partial charge in [-0.05, 0) is 55.7 Å². The number of aryl methyl sites for hydroxylation is 2. The van der Waals surface area contributed by atoms with Crippen molar-refractivity contribution in [1.82, 2.24) is 9.97 Å². The molecule has 25 heavy (non-hydrogen) atoms. The van der Waals surface area contributed by atoms with Crippen LogP contribution in [-0.4, -0.2) is 15.9 Å². The van der Waals surface area contributed by atoms with Gasteiger partial charge < -0.3 is 10.6 Å². The van der Waals surface area contributed by atoms with Crippen molar-refractivity contribution in [2.24, 2.45) is 0 Å². The SMILES string of the molecule is Cc1cccc(NC(=O)c2cnc(Nc3cccc(C)c3C)nc2)c1. The number of carbonyl (C=O) groups excluding carboxylic acids is 1. The highest BCUT2D eigenvalue weighted by atomic mass is 16.1. The van der Waals surface area contributed by atoms with Gasteiger partial charge in [-0.25, -0.2) is 9.97 Å². The van der Waals surface area contributed by atoms with E-state index in [-0.39, 0.29) is 5.91 Å². The molecule has 2 N–H and O–H groups in total. The van der Waals surface area contributed by atoms with Gasteiger partial charge in [-0.3, -0.25) is 4.79 Å². The van der Waals surface area contributed by atoms with Crippen molar-refractivity contribution in [3.05, 3.63) is 77.1 Å². The number of rotatable bonds is 4. The Morgan fingerprint density at radius 1 is 0.960 bits per heavy atom. The topological polar surface area (TPSA) is 66.9 Å². The normalized spacial score (nSPS) is 10.4. The fourth-order valence-corrected chi connectivity index (χ4v) is 2.44. The second-order valence-corrected chi connectivity index (χ2v) is 5.99. The molecule has 1 heterocycles. The van der Waals surface area contributed by atoms with E-state index in [9.17, 15) is 4.79 Å². The molecular formula is C20H20N4O. The maximum absolute atomic E-state index is 12.3. The van der Waals surface area contributed by atoms with Crippen LogP contribution >= 0.6 is 0 Å². The average molecular weight is 332 g/mol. The minimum atomic E-state index is -0.233. The quantitative estimate of drug-likeness (QED) is 0.743. The third-order valence-corrected chi connectivity index (χ3v) is 4.04. The molecule has 0 saturated heterocycles. The predicted octanol–water partition coefficient (Wildman–Crippen LogP) is 4.40. The van der Waals surface area contributed by atoms with Crippen molar-refractivity contribution < 1.29 is 4.79 Å². The van der Waals surface area contributed by atoms with E-state index in [4.69, 9.17) is 0 Å². The van der Waals surface area contributed by atoms with Crippen LogP contribution in [0.2, 0.25) is 0 Å². The number of hydrogen-bond acceptors (Lipinski definition) is 4. The Morgan fingerprint density at radius 2 is 1.68 bits per heavy atom. The second-order valence-electron chi connectivity index (χ2n) is 5.99. The fourth-order valence-electron chi connectivity index (χ4n) is 2.44. The molecule has 1 amide bonds. The van der Waals surface area contributed by atoms with Gasteiger partial charge in [-0.15, -0.1) is 0 Å². The molecule has 3 rings (SSSR count). The van der Waals surface area contributed by atoms with Crippen LogP contribution in [-0.2, 0) is 0 Å². The van der Waals surface area contributed by atoms with Crippen molar-refractivity contribution in [1.29, 1.82) is 0 Å². The Balaban J connectivity index is 1.71. The van der Waals surface area contributed by atoms with E-state index in [0.717, 1.165) is 22.5 Å². The van der Waals surface area contributed by atoms with Crippen LogP contribution < -0.4 is 10.6 Å². The van der Waals surface area contributed by atoms with Crippen LogP contribution in [0.3, 0.4) is 0 Å². The summed E-state index contributed by atoms with van der Waals surface area (Å²) in [5.74, 6) is 0.227. The number of hydrogen-bond donors (Lipinski definition) is 2. The number of carbonyl (C=O) groups is 1. The summed E-state index contributed by atoms with van der Waals surface area (Å²) in [5.41, 5.74) is 5.54. The summed E-state index contributed by atoms with van der Waals surface area (Å²) in [6.07, 6.45) is 3.04. The predicted molar refractivity (Wildman–Crippen MR) is 100 cm³/mol. The first-order valence-electron chi connectivity index (χ1n) is 8.06. The van der Waals surface area contributed by atoms with Crippen molar-refractivity contribution in [2.45, 2.75) is 20.8 Å². The number of nitrogens with one attached hydrogen (secondary N) is 2. The lowest BCUT2D eigenvalue weighted by Gasteiger charge is -2.10. The van der Waals surface area contributed by atoms with Gasteiger partial charge in [0.2, 0.25) is 5.95 Å². The van der Waals surface area contributed by atoms with Gasteiger partial charge in [0.25, 0.3) is 5.91 Å². The molecule has 126 valence electrons. The second kappa shape index (κ2) is 7.13. The molecule has 0 saturated carbocycles. The lowest BCUT2D eigenvalue weighted by molar-refractivity contribution is 0.102. The first-order chi connectivity index (χ1) is 12.0. The van der Waals surface area contributed by atoms with Crippen molar-refractivity contribution >= 4 is 23.2 Å². The minimum Gasteiger partial charge on any atom is -0.324 e. The van der Waals surface area contributed by atoms with Gasteiger partial charge in [0.15, 0.2) is 0 Å². The summed E-state index contributed by atoms with van der Waals surface area (Å²) in [7, 11) is 0. The molecule has 0 aliphatic rings. The Hall–Kier alpha value is -3.21. The zero-order valence-corrected chi connectivity index (χ0v) is 14.5. The van der Waals surface area contributed by atoms with Gasteiger partial charge in [0.1, 0.15) is 0 Å². The van der Waals surface area contributed by atoms with E-state index in [1.54, 1.807) is 0 Å². The van der Waals surface area contributed by atoms with Gasteiger partial charge in [-0.2, -0.15) is 0 Å². The molecule has 2 aromatic carbocycles. The Bertz CT molecular complexity index is 904. The third kappa shape index (κ3) is 4.01. The Morgan fingerprint density at radius 3 is 2.40 bits per heavy atom.